The van der Waals surface area contributed by atoms with Crippen molar-refractivity contribution in [3.63, 3.8) is 0 Å². The summed E-state index contributed by atoms with van der Waals surface area (Å²) in [5.41, 5.74) is 8.47. The number of nitrogens with zero attached hydrogens (tertiary/aromatic N) is 2. The fourth-order valence-electron chi connectivity index (χ4n) is 1.85. The molecule has 1 aromatic carbocycles. The second-order valence-corrected chi connectivity index (χ2v) is 4.67. The molecular formula is C16H20IN5O. The normalized spacial score (nSPS) is 10.6. The molecule has 2 aromatic rings. The maximum absolute atomic E-state index is 11.7. The Labute approximate surface area is 152 Å². The van der Waals surface area contributed by atoms with E-state index in [4.69, 9.17) is 5.73 Å². The van der Waals surface area contributed by atoms with Gasteiger partial charge in [-0.3, -0.25) is 9.78 Å². The summed E-state index contributed by atoms with van der Waals surface area (Å²) >= 11 is 0. The lowest BCUT2D eigenvalue weighted by Gasteiger charge is -2.07. The molecule has 0 unspecified atom stereocenters. The average molecular weight is 425 g/mol. The zero-order valence-electron chi connectivity index (χ0n) is 12.8. The second-order valence-electron chi connectivity index (χ2n) is 4.67. The number of halogens is 1. The number of guanidine groups is 1. The third kappa shape index (κ3) is 6.64. The van der Waals surface area contributed by atoms with Gasteiger partial charge in [-0.05, 0) is 36.2 Å². The first-order chi connectivity index (χ1) is 10.7. The standard InChI is InChI=1S/C16H19N5O.HI/c1-2-12-5-3-6-13(9-12)21-16(17)19-11-15(22)20-14-7-4-8-18-10-14;/h3-10H,2,11H2,1H3,(H,20,22)(H3,17,19,21);1H. The van der Waals surface area contributed by atoms with E-state index in [2.05, 4.69) is 27.5 Å². The van der Waals surface area contributed by atoms with Crippen molar-refractivity contribution in [2.24, 2.45) is 10.7 Å². The van der Waals surface area contributed by atoms with Crippen molar-refractivity contribution in [2.45, 2.75) is 13.3 Å². The molecule has 0 aliphatic carbocycles. The number of rotatable bonds is 5. The number of hydrogen-bond donors (Lipinski definition) is 3. The Morgan fingerprint density at radius 2 is 2.00 bits per heavy atom. The summed E-state index contributed by atoms with van der Waals surface area (Å²) in [5.74, 6) is -0.0466. The summed E-state index contributed by atoms with van der Waals surface area (Å²) in [6, 6.07) is 11.4. The van der Waals surface area contributed by atoms with Crippen LogP contribution in [-0.4, -0.2) is 23.4 Å². The van der Waals surface area contributed by atoms with Gasteiger partial charge in [0.15, 0.2) is 5.96 Å². The number of aliphatic imine (C=N–C) groups is 1. The number of hydrogen-bond acceptors (Lipinski definition) is 3. The lowest BCUT2D eigenvalue weighted by molar-refractivity contribution is -0.114. The first-order valence-corrected chi connectivity index (χ1v) is 7.03. The maximum atomic E-state index is 11.7. The summed E-state index contributed by atoms with van der Waals surface area (Å²) in [7, 11) is 0. The molecule has 0 aliphatic heterocycles. The number of aromatic nitrogens is 1. The van der Waals surface area contributed by atoms with Gasteiger partial charge in [0.05, 0.1) is 11.9 Å². The Hall–Kier alpha value is -2.16. The number of benzene rings is 1. The molecule has 4 N–H and O–H groups in total. The molecule has 1 amide bonds. The fourth-order valence-corrected chi connectivity index (χ4v) is 1.85. The van der Waals surface area contributed by atoms with Crippen LogP contribution < -0.4 is 16.4 Å². The minimum atomic E-state index is -0.250. The molecular weight excluding hydrogens is 405 g/mol. The third-order valence-electron chi connectivity index (χ3n) is 2.95. The average Bonchev–Trinajstić information content (AvgIpc) is 2.54. The number of carbonyl (C=O) groups excluding carboxylic acids is 1. The largest absolute Gasteiger partial charge is 0.370 e. The number of pyridine rings is 1. The summed E-state index contributed by atoms with van der Waals surface area (Å²) in [6.07, 6.45) is 4.15. The van der Waals surface area contributed by atoms with Crippen LogP contribution in [0.2, 0.25) is 0 Å². The SMILES string of the molecule is CCc1cccc(NC(N)=NCC(=O)Nc2cccnc2)c1.I. The molecule has 0 radical (unpaired) electrons. The molecule has 0 fully saturated rings. The van der Waals surface area contributed by atoms with E-state index in [0.717, 1.165) is 12.1 Å². The molecule has 0 saturated carbocycles. The minimum absolute atomic E-state index is 0. The zero-order valence-corrected chi connectivity index (χ0v) is 15.2. The van der Waals surface area contributed by atoms with Crippen LogP contribution in [0.4, 0.5) is 11.4 Å². The lowest BCUT2D eigenvalue weighted by atomic mass is 10.1. The van der Waals surface area contributed by atoms with Crippen LogP contribution in [0, 0.1) is 0 Å². The van der Waals surface area contributed by atoms with E-state index in [-0.39, 0.29) is 42.4 Å². The summed E-state index contributed by atoms with van der Waals surface area (Å²) < 4.78 is 0. The molecule has 2 rings (SSSR count). The number of nitrogens with two attached hydrogens (primary N) is 1. The summed E-state index contributed by atoms with van der Waals surface area (Å²) in [6.45, 7) is 2.03. The van der Waals surface area contributed by atoms with Gasteiger partial charge < -0.3 is 16.4 Å². The molecule has 0 atom stereocenters. The number of nitrogens with one attached hydrogen (secondary N) is 2. The summed E-state index contributed by atoms with van der Waals surface area (Å²) in [5, 5.41) is 5.66. The first kappa shape index (κ1) is 18.9. The van der Waals surface area contributed by atoms with Crippen LogP contribution in [0.5, 0.6) is 0 Å². The van der Waals surface area contributed by atoms with E-state index >= 15 is 0 Å². The molecule has 6 nitrogen and oxygen atoms in total. The quantitative estimate of drug-likeness (QED) is 0.390. The van der Waals surface area contributed by atoms with E-state index in [1.807, 2.05) is 24.3 Å². The summed E-state index contributed by atoms with van der Waals surface area (Å²) in [4.78, 5) is 19.7. The Balaban J connectivity index is 0.00000264. The van der Waals surface area contributed by atoms with Gasteiger partial charge in [0.2, 0.25) is 5.91 Å². The van der Waals surface area contributed by atoms with Crippen molar-refractivity contribution >= 4 is 47.2 Å². The molecule has 1 heterocycles. The second kappa shape index (κ2) is 9.78. The fraction of sp³-hybridized carbons (Fsp3) is 0.188. The number of anilines is 2. The highest BCUT2D eigenvalue weighted by Crippen LogP contribution is 2.10. The monoisotopic (exact) mass is 425 g/mol. The Kier molecular flexibility index (Phi) is 8.03. The van der Waals surface area contributed by atoms with Crippen LogP contribution in [0.1, 0.15) is 12.5 Å². The highest BCUT2D eigenvalue weighted by Gasteiger charge is 2.02. The van der Waals surface area contributed by atoms with Gasteiger partial charge >= 0.3 is 0 Å². The number of aryl methyl sites for hydroxylation is 1. The van der Waals surface area contributed by atoms with E-state index < -0.39 is 0 Å². The smallest absolute Gasteiger partial charge is 0.246 e. The van der Waals surface area contributed by atoms with Crippen molar-refractivity contribution < 1.29 is 4.79 Å². The maximum Gasteiger partial charge on any atom is 0.246 e. The first-order valence-electron chi connectivity index (χ1n) is 7.03. The molecule has 0 spiro atoms. The molecule has 122 valence electrons. The van der Waals surface area contributed by atoms with Crippen molar-refractivity contribution in [1.82, 2.24) is 4.98 Å². The van der Waals surface area contributed by atoms with E-state index in [1.54, 1.807) is 24.5 Å². The van der Waals surface area contributed by atoms with Crippen molar-refractivity contribution in [2.75, 3.05) is 17.2 Å². The van der Waals surface area contributed by atoms with Gasteiger partial charge in [0, 0.05) is 11.9 Å². The molecule has 0 bridgehead atoms. The highest BCUT2D eigenvalue weighted by molar-refractivity contribution is 14.0. The Morgan fingerprint density at radius 3 is 2.70 bits per heavy atom. The minimum Gasteiger partial charge on any atom is -0.370 e. The van der Waals surface area contributed by atoms with Crippen LogP contribution in [0.3, 0.4) is 0 Å². The van der Waals surface area contributed by atoms with E-state index in [9.17, 15) is 4.79 Å². The molecule has 7 heteroatoms. The number of amides is 1. The van der Waals surface area contributed by atoms with Crippen LogP contribution in [-0.2, 0) is 11.2 Å². The molecule has 23 heavy (non-hydrogen) atoms. The van der Waals surface area contributed by atoms with Crippen molar-refractivity contribution in [3.05, 3.63) is 54.4 Å². The zero-order chi connectivity index (χ0) is 15.8. The highest BCUT2D eigenvalue weighted by atomic mass is 127. The lowest BCUT2D eigenvalue weighted by Crippen LogP contribution is -2.25. The molecule has 0 aliphatic rings. The van der Waals surface area contributed by atoms with Gasteiger partial charge in [-0.1, -0.05) is 19.1 Å². The van der Waals surface area contributed by atoms with Gasteiger partial charge in [-0.15, -0.1) is 24.0 Å². The molecule has 0 saturated heterocycles. The van der Waals surface area contributed by atoms with Gasteiger partial charge in [-0.25, -0.2) is 4.99 Å². The van der Waals surface area contributed by atoms with Crippen molar-refractivity contribution in [1.29, 1.82) is 0 Å². The van der Waals surface area contributed by atoms with Gasteiger partial charge in [0.25, 0.3) is 0 Å². The Morgan fingerprint density at radius 1 is 1.22 bits per heavy atom. The van der Waals surface area contributed by atoms with Crippen molar-refractivity contribution in [3.8, 4) is 0 Å². The van der Waals surface area contributed by atoms with Crippen LogP contribution in [0.15, 0.2) is 53.8 Å². The molecule has 1 aromatic heterocycles. The van der Waals surface area contributed by atoms with Gasteiger partial charge in [0.1, 0.15) is 6.54 Å². The van der Waals surface area contributed by atoms with E-state index in [0.29, 0.717) is 5.69 Å². The van der Waals surface area contributed by atoms with Crippen LogP contribution >= 0.6 is 24.0 Å². The Bertz CT molecular complexity index is 661. The van der Waals surface area contributed by atoms with Crippen LogP contribution in [0.25, 0.3) is 0 Å². The topological polar surface area (TPSA) is 92.4 Å². The predicted molar refractivity (Wildman–Crippen MR) is 104 cm³/mol. The van der Waals surface area contributed by atoms with Gasteiger partial charge in [-0.2, -0.15) is 0 Å². The van der Waals surface area contributed by atoms with E-state index in [1.165, 1.54) is 5.56 Å². The predicted octanol–water partition coefficient (Wildman–Crippen LogP) is 2.63. The third-order valence-corrected chi connectivity index (χ3v) is 2.95. The number of carbonyl (C=O) groups is 1.